The van der Waals surface area contributed by atoms with E-state index in [0.717, 1.165) is 29.5 Å². The van der Waals surface area contributed by atoms with E-state index in [-0.39, 0.29) is 0 Å². The number of rotatable bonds is 4. The summed E-state index contributed by atoms with van der Waals surface area (Å²) in [5.41, 5.74) is 4.09. The molecule has 14 heavy (non-hydrogen) atoms. The first-order valence-corrected chi connectivity index (χ1v) is 6.20. The minimum Gasteiger partial charge on any atom is -0.361 e. The summed E-state index contributed by atoms with van der Waals surface area (Å²) in [7, 11) is 0. The molecule has 0 aliphatic carbocycles. The fraction of sp³-hybridized carbons (Fsp3) is 0.333. The van der Waals surface area contributed by atoms with Gasteiger partial charge in [0.25, 0.3) is 0 Å². The Hall–Kier alpha value is -0.940. The van der Waals surface area contributed by atoms with Crippen LogP contribution in [-0.4, -0.2) is 16.5 Å². The highest BCUT2D eigenvalue weighted by Crippen LogP contribution is 2.14. The van der Waals surface area contributed by atoms with Crippen LogP contribution in [0.5, 0.6) is 0 Å². The second-order valence-electron chi connectivity index (χ2n) is 2.95. The second-order valence-corrected chi connectivity index (χ2v) is 4.53. The number of aryl methyl sites for hydroxylation is 1. The van der Waals surface area contributed by atoms with Gasteiger partial charge in [0.05, 0.1) is 16.9 Å². The van der Waals surface area contributed by atoms with Gasteiger partial charge in [-0.2, -0.15) is 0 Å². The Labute approximate surface area is 90.9 Å². The van der Waals surface area contributed by atoms with E-state index in [9.17, 15) is 0 Å². The van der Waals surface area contributed by atoms with Crippen molar-refractivity contribution in [2.45, 2.75) is 13.3 Å². The van der Waals surface area contributed by atoms with E-state index in [1.165, 1.54) is 0 Å². The van der Waals surface area contributed by atoms with Gasteiger partial charge in [-0.25, -0.2) is 9.97 Å². The molecule has 2 aromatic rings. The predicted molar refractivity (Wildman–Crippen MR) is 61.2 cm³/mol. The molecule has 0 saturated heterocycles. The highest BCUT2D eigenvalue weighted by molar-refractivity contribution is 7.13. The number of thiazole rings is 2. The van der Waals surface area contributed by atoms with Gasteiger partial charge in [0.15, 0.2) is 5.13 Å². The summed E-state index contributed by atoms with van der Waals surface area (Å²) < 4.78 is 0. The van der Waals surface area contributed by atoms with E-state index in [0.29, 0.717) is 0 Å². The molecule has 1 N–H and O–H groups in total. The zero-order chi connectivity index (χ0) is 9.80. The highest BCUT2D eigenvalue weighted by Gasteiger charge is 1.98. The molecule has 2 aromatic heterocycles. The molecule has 2 heterocycles. The van der Waals surface area contributed by atoms with Gasteiger partial charge < -0.3 is 5.32 Å². The maximum Gasteiger partial charge on any atom is 0.182 e. The largest absolute Gasteiger partial charge is 0.361 e. The lowest BCUT2D eigenvalue weighted by molar-refractivity contribution is 0.973. The Bertz CT molecular complexity index is 380. The summed E-state index contributed by atoms with van der Waals surface area (Å²) in [6.45, 7) is 2.90. The molecular formula is C9H11N3S2. The quantitative estimate of drug-likeness (QED) is 0.869. The lowest BCUT2D eigenvalue weighted by Gasteiger charge is -1.99. The molecule has 0 fully saturated rings. The normalized spacial score (nSPS) is 10.4. The Balaban J connectivity index is 1.78. The van der Waals surface area contributed by atoms with Crippen molar-refractivity contribution in [3.8, 4) is 0 Å². The molecule has 0 spiro atoms. The van der Waals surface area contributed by atoms with Crippen molar-refractivity contribution in [1.29, 1.82) is 0 Å². The number of hydrogen-bond donors (Lipinski definition) is 1. The van der Waals surface area contributed by atoms with Gasteiger partial charge in [-0.05, 0) is 6.92 Å². The molecule has 74 valence electrons. The van der Waals surface area contributed by atoms with Crippen LogP contribution in [0.15, 0.2) is 16.3 Å². The third-order valence-corrected chi connectivity index (χ3v) is 3.31. The molecule has 0 bridgehead atoms. The fourth-order valence-electron chi connectivity index (χ4n) is 1.09. The van der Waals surface area contributed by atoms with Gasteiger partial charge in [-0.1, -0.05) is 0 Å². The Kier molecular flexibility index (Phi) is 3.10. The molecule has 0 amide bonds. The number of aromatic nitrogens is 2. The van der Waals surface area contributed by atoms with Crippen LogP contribution in [0.4, 0.5) is 5.13 Å². The first-order chi connectivity index (χ1) is 6.84. The molecule has 0 saturated carbocycles. The van der Waals surface area contributed by atoms with Gasteiger partial charge >= 0.3 is 0 Å². The van der Waals surface area contributed by atoms with Crippen molar-refractivity contribution in [3.63, 3.8) is 0 Å². The number of nitrogens with one attached hydrogen (secondary N) is 1. The van der Waals surface area contributed by atoms with E-state index in [1.54, 1.807) is 22.7 Å². The summed E-state index contributed by atoms with van der Waals surface area (Å²) in [5, 5.41) is 8.40. The molecule has 0 aliphatic rings. The summed E-state index contributed by atoms with van der Waals surface area (Å²) in [5.74, 6) is 0. The predicted octanol–water partition coefficient (Wildman–Crippen LogP) is 2.56. The average Bonchev–Trinajstić information content (AvgIpc) is 2.77. The Morgan fingerprint density at radius 2 is 2.36 bits per heavy atom. The van der Waals surface area contributed by atoms with Crippen molar-refractivity contribution < 1.29 is 0 Å². The van der Waals surface area contributed by atoms with Crippen LogP contribution in [0.2, 0.25) is 0 Å². The lowest BCUT2D eigenvalue weighted by atomic mass is 10.3. The monoisotopic (exact) mass is 225 g/mol. The van der Waals surface area contributed by atoms with Crippen LogP contribution in [-0.2, 0) is 6.42 Å². The van der Waals surface area contributed by atoms with Crippen LogP contribution >= 0.6 is 22.7 Å². The van der Waals surface area contributed by atoms with Crippen LogP contribution in [0.1, 0.15) is 11.4 Å². The Morgan fingerprint density at radius 1 is 1.43 bits per heavy atom. The first kappa shape index (κ1) is 9.61. The SMILES string of the molecule is Cc1csc(NCCc2cscn2)n1. The van der Waals surface area contributed by atoms with Gasteiger partial charge in [0.1, 0.15) is 0 Å². The molecule has 0 unspecified atom stereocenters. The fourth-order valence-corrected chi connectivity index (χ4v) is 2.40. The van der Waals surface area contributed by atoms with E-state index in [1.807, 2.05) is 17.8 Å². The van der Waals surface area contributed by atoms with Gasteiger partial charge in [0.2, 0.25) is 0 Å². The standard InChI is InChI=1S/C9H11N3S2/c1-7-4-14-9(12-7)10-3-2-8-5-13-6-11-8/h4-6H,2-3H2,1H3,(H,10,12). The molecule has 0 radical (unpaired) electrons. The van der Waals surface area contributed by atoms with Crippen molar-refractivity contribution in [2.75, 3.05) is 11.9 Å². The summed E-state index contributed by atoms with van der Waals surface area (Å²) >= 11 is 3.28. The van der Waals surface area contributed by atoms with Crippen LogP contribution in [0.3, 0.4) is 0 Å². The molecule has 3 nitrogen and oxygen atoms in total. The third-order valence-electron chi connectivity index (χ3n) is 1.76. The first-order valence-electron chi connectivity index (χ1n) is 4.37. The van der Waals surface area contributed by atoms with E-state index < -0.39 is 0 Å². The Morgan fingerprint density at radius 3 is 3.00 bits per heavy atom. The zero-order valence-electron chi connectivity index (χ0n) is 7.86. The maximum atomic E-state index is 4.32. The number of nitrogens with zero attached hydrogens (tertiary/aromatic N) is 2. The van der Waals surface area contributed by atoms with Crippen molar-refractivity contribution in [1.82, 2.24) is 9.97 Å². The summed E-state index contributed by atoms with van der Waals surface area (Å²) in [6.07, 6.45) is 0.960. The van der Waals surface area contributed by atoms with E-state index in [2.05, 4.69) is 20.7 Å². The molecule has 0 aromatic carbocycles. The molecule has 0 atom stereocenters. The second kappa shape index (κ2) is 4.52. The van der Waals surface area contributed by atoms with Crippen LogP contribution in [0, 0.1) is 6.92 Å². The van der Waals surface area contributed by atoms with Gasteiger partial charge in [-0.15, -0.1) is 22.7 Å². The van der Waals surface area contributed by atoms with Crippen molar-refractivity contribution >= 4 is 27.8 Å². The highest BCUT2D eigenvalue weighted by atomic mass is 32.1. The van der Waals surface area contributed by atoms with Crippen LogP contribution in [0.25, 0.3) is 0 Å². The van der Waals surface area contributed by atoms with E-state index in [4.69, 9.17) is 0 Å². The maximum absolute atomic E-state index is 4.32. The van der Waals surface area contributed by atoms with Crippen molar-refractivity contribution in [2.24, 2.45) is 0 Å². The molecule has 0 aliphatic heterocycles. The number of hydrogen-bond acceptors (Lipinski definition) is 5. The van der Waals surface area contributed by atoms with Gasteiger partial charge in [-0.3, -0.25) is 0 Å². The average molecular weight is 225 g/mol. The van der Waals surface area contributed by atoms with Gasteiger partial charge in [0, 0.05) is 23.7 Å². The lowest BCUT2D eigenvalue weighted by Crippen LogP contribution is -2.04. The van der Waals surface area contributed by atoms with Crippen molar-refractivity contribution in [3.05, 3.63) is 27.7 Å². The zero-order valence-corrected chi connectivity index (χ0v) is 9.49. The number of anilines is 1. The summed E-state index contributed by atoms with van der Waals surface area (Å²) in [4.78, 5) is 8.53. The molecular weight excluding hydrogens is 214 g/mol. The summed E-state index contributed by atoms with van der Waals surface area (Å²) in [6, 6.07) is 0. The van der Waals surface area contributed by atoms with E-state index >= 15 is 0 Å². The minimum absolute atomic E-state index is 0.899. The third kappa shape index (κ3) is 2.52. The smallest absolute Gasteiger partial charge is 0.182 e. The van der Waals surface area contributed by atoms with Crippen LogP contribution < -0.4 is 5.32 Å². The molecule has 2 rings (SSSR count). The minimum atomic E-state index is 0.899. The molecule has 5 heteroatoms. The topological polar surface area (TPSA) is 37.8 Å².